The maximum absolute atomic E-state index is 8.98. The van der Waals surface area contributed by atoms with Gasteiger partial charge in [0.15, 0.2) is 5.75 Å². The molecule has 2 rings (SSSR count). The minimum atomic E-state index is 0.346. The van der Waals surface area contributed by atoms with E-state index in [4.69, 9.17) is 38.9 Å². The zero-order valence-corrected chi connectivity index (χ0v) is 10.7. The Balaban J connectivity index is 2.43. The summed E-state index contributed by atoms with van der Waals surface area (Å²) in [4.78, 5) is 0. The number of anilines is 1. The highest BCUT2D eigenvalue weighted by Gasteiger charge is 2.08. The third kappa shape index (κ3) is 2.67. The summed E-state index contributed by atoms with van der Waals surface area (Å²) < 4.78 is 5.58. The molecule has 0 bridgehead atoms. The summed E-state index contributed by atoms with van der Waals surface area (Å²) in [7, 11) is 0. The van der Waals surface area contributed by atoms with Gasteiger partial charge in [0, 0.05) is 22.2 Å². The van der Waals surface area contributed by atoms with Crippen LogP contribution in [0.2, 0.25) is 10.0 Å². The standard InChI is InChI=1S/C13H8Cl2N2O/c14-9-2-1-8(7-16)12(5-9)18-13-6-10(15)3-4-11(13)17/h1-6H,17H2. The van der Waals surface area contributed by atoms with Crippen molar-refractivity contribution >= 4 is 28.9 Å². The van der Waals surface area contributed by atoms with Crippen LogP contribution in [0, 0.1) is 11.3 Å². The first-order valence-electron chi connectivity index (χ1n) is 5.02. The van der Waals surface area contributed by atoms with Gasteiger partial charge in [0.25, 0.3) is 0 Å². The number of nitriles is 1. The van der Waals surface area contributed by atoms with E-state index in [9.17, 15) is 0 Å². The third-order valence-corrected chi connectivity index (χ3v) is 2.73. The number of hydrogen-bond acceptors (Lipinski definition) is 3. The Labute approximate surface area is 114 Å². The van der Waals surface area contributed by atoms with Crippen molar-refractivity contribution in [1.82, 2.24) is 0 Å². The molecule has 0 heterocycles. The van der Waals surface area contributed by atoms with Crippen LogP contribution >= 0.6 is 23.2 Å². The summed E-state index contributed by atoms with van der Waals surface area (Å²) in [6.07, 6.45) is 0. The lowest BCUT2D eigenvalue weighted by Gasteiger charge is -2.10. The van der Waals surface area contributed by atoms with Crippen LogP contribution in [0.3, 0.4) is 0 Å². The van der Waals surface area contributed by atoms with Gasteiger partial charge in [0.1, 0.15) is 11.8 Å². The highest BCUT2D eigenvalue weighted by Crippen LogP contribution is 2.33. The van der Waals surface area contributed by atoms with E-state index in [0.29, 0.717) is 32.8 Å². The molecule has 90 valence electrons. The molecular weight excluding hydrogens is 271 g/mol. The fraction of sp³-hybridized carbons (Fsp3) is 0. The Bertz CT molecular complexity index is 635. The fourth-order valence-corrected chi connectivity index (χ4v) is 1.71. The van der Waals surface area contributed by atoms with Crippen LogP contribution in [0.4, 0.5) is 5.69 Å². The average Bonchev–Trinajstić information content (AvgIpc) is 2.34. The molecule has 18 heavy (non-hydrogen) atoms. The second kappa shape index (κ2) is 5.18. The molecule has 0 unspecified atom stereocenters. The van der Waals surface area contributed by atoms with E-state index in [-0.39, 0.29) is 0 Å². The first kappa shape index (κ1) is 12.6. The number of nitrogens with zero attached hydrogens (tertiary/aromatic N) is 1. The largest absolute Gasteiger partial charge is 0.454 e. The number of ether oxygens (including phenoxy) is 1. The molecule has 0 aliphatic heterocycles. The monoisotopic (exact) mass is 278 g/mol. The molecule has 0 atom stereocenters. The Morgan fingerprint density at radius 2 is 1.61 bits per heavy atom. The van der Waals surface area contributed by atoms with Gasteiger partial charge in [0.05, 0.1) is 11.3 Å². The first-order chi connectivity index (χ1) is 8.60. The molecule has 0 fully saturated rings. The SMILES string of the molecule is N#Cc1ccc(Cl)cc1Oc1cc(Cl)ccc1N. The Morgan fingerprint density at radius 1 is 1.00 bits per heavy atom. The molecule has 0 aliphatic rings. The highest BCUT2D eigenvalue weighted by molar-refractivity contribution is 6.31. The maximum Gasteiger partial charge on any atom is 0.151 e. The van der Waals surface area contributed by atoms with Crippen molar-refractivity contribution in [1.29, 1.82) is 5.26 Å². The van der Waals surface area contributed by atoms with Crippen molar-refractivity contribution in [3.63, 3.8) is 0 Å². The molecule has 0 saturated carbocycles. The molecule has 2 aromatic carbocycles. The highest BCUT2D eigenvalue weighted by atomic mass is 35.5. The van der Waals surface area contributed by atoms with Gasteiger partial charge in [-0.2, -0.15) is 5.26 Å². The number of nitrogens with two attached hydrogens (primary N) is 1. The molecule has 5 heteroatoms. The Hall–Kier alpha value is -1.89. The van der Waals surface area contributed by atoms with Crippen LogP contribution in [-0.2, 0) is 0 Å². The topological polar surface area (TPSA) is 59.0 Å². The summed E-state index contributed by atoms with van der Waals surface area (Å²) in [5, 5.41) is 9.96. The van der Waals surface area contributed by atoms with Crippen LogP contribution in [-0.4, -0.2) is 0 Å². The van der Waals surface area contributed by atoms with Gasteiger partial charge in [-0.05, 0) is 24.3 Å². The van der Waals surface area contributed by atoms with Gasteiger partial charge in [-0.15, -0.1) is 0 Å². The zero-order valence-electron chi connectivity index (χ0n) is 9.15. The third-order valence-electron chi connectivity index (χ3n) is 2.26. The maximum atomic E-state index is 8.98. The quantitative estimate of drug-likeness (QED) is 0.836. The van der Waals surface area contributed by atoms with Crippen LogP contribution in [0.5, 0.6) is 11.5 Å². The second-order valence-corrected chi connectivity index (χ2v) is 4.41. The van der Waals surface area contributed by atoms with E-state index in [1.54, 1.807) is 36.4 Å². The molecule has 0 aliphatic carbocycles. The predicted octanol–water partition coefficient (Wildman–Crippen LogP) is 4.24. The number of rotatable bonds is 2. The molecular formula is C13H8Cl2N2O. The lowest BCUT2D eigenvalue weighted by atomic mass is 10.2. The number of nitrogen functional groups attached to an aromatic ring is 1. The summed E-state index contributed by atoms with van der Waals surface area (Å²) in [5.74, 6) is 0.736. The molecule has 2 N–H and O–H groups in total. The number of hydrogen-bond donors (Lipinski definition) is 1. The van der Waals surface area contributed by atoms with Gasteiger partial charge in [0.2, 0.25) is 0 Å². The van der Waals surface area contributed by atoms with E-state index in [0.717, 1.165) is 0 Å². The summed E-state index contributed by atoms with van der Waals surface area (Å²) in [5.41, 5.74) is 6.57. The predicted molar refractivity (Wildman–Crippen MR) is 72.1 cm³/mol. The molecule has 2 aromatic rings. The van der Waals surface area contributed by atoms with Crippen molar-refractivity contribution in [3.8, 4) is 17.6 Å². The lowest BCUT2D eigenvalue weighted by Crippen LogP contribution is -1.93. The van der Waals surface area contributed by atoms with Crippen LogP contribution in [0.1, 0.15) is 5.56 Å². The van der Waals surface area contributed by atoms with Crippen molar-refractivity contribution in [3.05, 3.63) is 52.0 Å². The number of halogens is 2. The van der Waals surface area contributed by atoms with Crippen molar-refractivity contribution in [2.75, 3.05) is 5.73 Å². The first-order valence-corrected chi connectivity index (χ1v) is 5.78. The van der Waals surface area contributed by atoms with Gasteiger partial charge >= 0.3 is 0 Å². The van der Waals surface area contributed by atoms with Crippen molar-refractivity contribution in [2.45, 2.75) is 0 Å². The molecule has 3 nitrogen and oxygen atoms in total. The van der Waals surface area contributed by atoms with E-state index in [2.05, 4.69) is 0 Å². The molecule has 0 amide bonds. The lowest BCUT2D eigenvalue weighted by molar-refractivity contribution is 0.483. The van der Waals surface area contributed by atoms with Crippen molar-refractivity contribution in [2.24, 2.45) is 0 Å². The van der Waals surface area contributed by atoms with E-state index in [1.165, 1.54) is 0 Å². The molecule has 0 radical (unpaired) electrons. The minimum Gasteiger partial charge on any atom is -0.454 e. The minimum absolute atomic E-state index is 0.346. The molecule has 0 saturated heterocycles. The summed E-state index contributed by atoms with van der Waals surface area (Å²) in [6.45, 7) is 0. The molecule has 0 spiro atoms. The average molecular weight is 279 g/mol. The Morgan fingerprint density at radius 3 is 2.28 bits per heavy atom. The van der Waals surface area contributed by atoms with E-state index in [1.807, 2.05) is 6.07 Å². The van der Waals surface area contributed by atoms with Gasteiger partial charge in [-0.1, -0.05) is 23.2 Å². The number of benzene rings is 2. The zero-order chi connectivity index (χ0) is 13.1. The van der Waals surface area contributed by atoms with Gasteiger partial charge < -0.3 is 10.5 Å². The smallest absolute Gasteiger partial charge is 0.151 e. The fourth-order valence-electron chi connectivity index (χ4n) is 1.39. The van der Waals surface area contributed by atoms with Crippen LogP contribution < -0.4 is 10.5 Å². The summed E-state index contributed by atoms with van der Waals surface area (Å²) >= 11 is 11.7. The van der Waals surface area contributed by atoms with Crippen LogP contribution in [0.25, 0.3) is 0 Å². The second-order valence-electron chi connectivity index (χ2n) is 3.54. The normalized spacial score (nSPS) is 9.83. The molecule has 0 aromatic heterocycles. The van der Waals surface area contributed by atoms with Gasteiger partial charge in [-0.25, -0.2) is 0 Å². The van der Waals surface area contributed by atoms with E-state index >= 15 is 0 Å². The van der Waals surface area contributed by atoms with E-state index < -0.39 is 0 Å². The van der Waals surface area contributed by atoms with Crippen molar-refractivity contribution < 1.29 is 4.74 Å². The van der Waals surface area contributed by atoms with Gasteiger partial charge in [-0.3, -0.25) is 0 Å². The summed E-state index contributed by atoms with van der Waals surface area (Å²) in [6, 6.07) is 11.7. The Kier molecular flexibility index (Phi) is 3.61. The van der Waals surface area contributed by atoms with Crippen LogP contribution in [0.15, 0.2) is 36.4 Å².